The molecule has 2 heterocycles. The minimum atomic E-state index is -1.55. The summed E-state index contributed by atoms with van der Waals surface area (Å²) in [5.74, 6) is -0.0876. The zero-order chi connectivity index (χ0) is 11.7. The monoisotopic (exact) mass is 220 g/mol. The van der Waals surface area contributed by atoms with Gasteiger partial charge in [-0.05, 0) is 17.6 Å². The van der Waals surface area contributed by atoms with Crippen molar-refractivity contribution in [3.8, 4) is 0 Å². The van der Waals surface area contributed by atoms with Gasteiger partial charge in [-0.15, -0.1) is 5.10 Å². The number of fused-ring (bicyclic) bond motifs is 1. The number of amides is 1. The molecule has 0 saturated heterocycles. The van der Waals surface area contributed by atoms with E-state index in [9.17, 15) is 4.79 Å². The van der Waals surface area contributed by atoms with Gasteiger partial charge in [0.2, 0.25) is 11.9 Å². The first-order valence-corrected chi connectivity index (χ1v) is 4.56. The molecule has 0 aliphatic heterocycles. The molecule has 0 atom stereocenters. The maximum absolute atomic E-state index is 10.8. The number of carbonyl (C=O) groups excluding carboxylic acids is 1. The molecule has 16 heavy (non-hydrogen) atoms. The summed E-state index contributed by atoms with van der Waals surface area (Å²) in [6.45, 7) is 1.36. The normalized spacial score (nSPS) is 10.4. The van der Waals surface area contributed by atoms with E-state index in [0.717, 1.165) is 0 Å². The standard InChI is InChI=1S/C8H9BN4O3/c1-5(14)10-8-11-7-4-6(9(15)16)2-3-13(7)12-8/h2-4,15-16H,1H3,(H,10,12,14). The van der Waals surface area contributed by atoms with E-state index in [1.54, 1.807) is 0 Å². The lowest BCUT2D eigenvalue weighted by Crippen LogP contribution is -2.29. The first kappa shape index (κ1) is 10.6. The fourth-order valence-electron chi connectivity index (χ4n) is 1.27. The largest absolute Gasteiger partial charge is 0.488 e. The molecule has 2 aromatic heterocycles. The van der Waals surface area contributed by atoms with Crippen molar-refractivity contribution < 1.29 is 14.8 Å². The van der Waals surface area contributed by atoms with Crippen LogP contribution in [0.2, 0.25) is 0 Å². The molecule has 0 fully saturated rings. The van der Waals surface area contributed by atoms with Gasteiger partial charge in [-0.1, -0.05) is 0 Å². The van der Waals surface area contributed by atoms with Crippen LogP contribution in [0.5, 0.6) is 0 Å². The minimum absolute atomic E-state index is 0.178. The van der Waals surface area contributed by atoms with E-state index in [1.165, 1.54) is 29.8 Å². The van der Waals surface area contributed by atoms with Gasteiger partial charge in [0, 0.05) is 13.1 Å². The zero-order valence-electron chi connectivity index (χ0n) is 8.45. The third-order valence-electron chi connectivity index (χ3n) is 1.95. The van der Waals surface area contributed by atoms with Crippen molar-refractivity contribution in [2.45, 2.75) is 6.92 Å². The van der Waals surface area contributed by atoms with Crippen molar-refractivity contribution >= 4 is 30.1 Å². The first-order valence-electron chi connectivity index (χ1n) is 4.56. The summed E-state index contributed by atoms with van der Waals surface area (Å²) in [6.07, 6.45) is 1.53. The maximum atomic E-state index is 10.8. The number of carbonyl (C=O) groups is 1. The van der Waals surface area contributed by atoms with Crippen LogP contribution in [0.15, 0.2) is 18.3 Å². The van der Waals surface area contributed by atoms with Crippen molar-refractivity contribution in [3.05, 3.63) is 18.3 Å². The highest BCUT2D eigenvalue weighted by atomic mass is 16.4. The molecule has 0 unspecified atom stereocenters. The fraction of sp³-hybridized carbons (Fsp3) is 0.125. The van der Waals surface area contributed by atoms with E-state index in [2.05, 4.69) is 15.4 Å². The highest BCUT2D eigenvalue weighted by molar-refractivity contribution is 6.58. The molecule has 0 aliphatic carbocycles. The number of anilines is 1. The lowest BCUT2D eigenvalue weighted by atomic mass is 9.81. The summed E-state index contributed by atoms with van der Waals surface area (Å²) in [7, 11) is -1.55. The maximum Gasteiger partial charge on any atom is 0.488 e. The Morgan fingerprint density at radius 1 is 1.56 bits per heavy atom. The lowest BCUT2D eigenvalue weighted by molar-refractivity contribution is -0.114. The Bertz CT molecular complexity index is 539. The Hall–Kier alpha value is -1.93. The number of hydrogen-bond donors (Lipinski definition) is 3. The summed E-state index contributed by atoms with van der Waals surface area (Å²) in [5, 5.41) is 24.3. The smallest absolute Gasteiger partial charge is 0.423 e. The van der Waals surface area contributed by atoms with Crippen molar-refractivity contribution in [1.82, 2.24) is 14.6 Å². The minimum Gasteiger partial charge on any atom is -0.423 e. The molecule has 0 radical (unpaired) electrons. The Morgan fingerprint density at radius 2 is 2.31 bits per heavy atom. The quantitative estimate of drug-likeness (QED) is 0.527. The predicted octanol–water partition coefficient (Wildman–Crippen LogP) is -1.63. The van der Waals surface area contributed by atoms with E-state index in [-0.39, 0.29) is 11.9 Å². The molecule has 0 spiro atoms. The SMILES string of the molecule is CC(=O)Nc1nc2cc(B(O)O)ccn2n1. The zero-order valence-corrected chi connectivity index (χ0v) is 8.45. The molecule has 82 valence electrons. The van der Waals surface area contributed by atoms with Gasteiger partial charge in [-0.3, -0.25) is 10.1 Å². The van der Waals surface area contributed by atoms with Gasteiger partial charge in [0.15, 0.2) is 5.65 Å². The Kier molecular flexibility index (Phi) is 2.59. The van der Waals surface area contributed by atoms with Crippen LogP contribution in [-0.4, -0.2) is 37.7 Å². The van der Waals surface area contributed by atoms with E-state index in [4.69, 9.17) is 10.0 Å². The molecular weight excluding hydrogens is 211 g/mol. The summed E-state index contributed by atoms with van der Waals surface area (Å²) < 4.78 is 1.43. The molecule has 3 N–H and O–H groups in total. The van der Waals surface area contributed by atoms with Crippen LogP contribution < -0.4 is 10.8 Å². The van der Waals surface area contributed by atoms with Crippen molar-refractivity contribution in [3.63, 3.8) is 0 Å². The predicted molar refractivity (Wildman–Crippen MR) is 57.1 cm³/mol. The third-order valence-corrected chi connectivity index (χ3v) is 1.95. The summed E-state index contributed by atoms with van der Waals surface area (Å²) in [4.78, 5) is 14.8. The number of aromatic nitrogens is 3. The van der Waals surface area contributed by atoms with E-state index >= 15 is 0 Å². The summed E-state index contributed by atoms with van der Waals surface area (Å²) in [5.41, 5.74) is 0.739. The Labute approximate surface area is 90.9 Å². The number of pyridine rings is 1. The third kappa shape index (κ3) is 2.02. The fourth-order valence-corrected chi connectivity index (χ4v) is 1.27. The molecule has 2 aromatic rings. The lowest BCUT2D eigenvalue weighted by Gasteiger charge is -1.97. The summed E-state index contributed by atoms with van der Waals surface area (Å²) in [6, 6.07) is 2.98. The average molecular weight is 220 g/mol. The second-order valence-electron chi connectivity index (χ2n) is 3.25. The van der Waals surface area contributed by atoms with Crippen molar-refractivity contribution in [2.24, 2.45) is 0 Å². The van der Waals surface area contributed by atoms with Crippen LogP contribution in [-0.2, 0) is 4.79 Å². The molecule has 2 rings (SSSR count). The molecule has 7 nitrogen and oxygen atoms in total. The molecule has 8 heteroatoms. The molecule has 0 bridgehead atoms. The number of nitrogens with one attached hydrogen (secondary N) is 1. The first-order chi connectivity index (χ1) is 7.56. The van der Waals surface area contributed by atoms with Crippen LogP contribution in [0.1, 0.15) is 6.92 Å². The molecule has 0 saturated carbocycles. The van der Waals surface area contributed by atoms with Crippen LogP contribution in [0.25, 0.3) is 5.65 Å². The second kappa shape index (κ2) is 3.91. The van der Waals surface area contributed by atoms with Gasteiger partial charge in [0.1, 0.15) is 0 Å². The second-order valence-corrected chi connectivity index (χ2v) is 3.25. The van der Waals surface area contributed by atoms with Gasteiger partial charge in [0.25, 0.3) is 0 Å². The van der Waals surface area contributed by atoms with Gasteiger partial charge in [-0.25, -0.2) is 4.52 Å². The number of rotatable bonds is 2. The van der Waals surface area contributed by atoms with Gasteiger partial charge in [-0.2, -0.15) is 4.98 Å². The highest BCUT2D eigenvalue weighted by Crippen LogP contribution is 2.03. The number of nitrogens with zero attached hydrogens (tertiary/aromatic N) is 3. The Morgan fingerprint density at radius 3 is 2.94 bits per heavy atom. The molecule has 1 amide bonds. The van der Waals surface area contributed by atoms with Crippen LogP contribution in [0, 0.1) is 0 Å². The van der Waals surface area contributed by atoms with Gasteiger partial charge < -0.3 is 10.0 Å². The highest BCUT2D eigenvalue weighted by Gasteiger charge is 2.13. The average Bonchev–Trinajstić information content (AvgIpc) is 2.56. The van der Waals surface area contributed by atoms with Crippen LogP contribution in [0.3, 0.4) is 0 Å². The van der Waals surface area contributed by atoms with E-state index < -0.39 is 7.12 Å². The molecular formula is C8H9BN4O3. The van der Waals surface area contributed by atoms with Crippen LogP contribution >= 0.6 is 0 Å². The molecule has 0 aliphatic rings. The topological polar surface area (TPSA) is 99.8 Å². The van der Waals surface area contributed by atoms with E-state index in [0.29, 0.717) is 11.1 Å². The molecule has 0 aromatic carbocycles. The number of hydrogen-bond acceptors (Lipinski definition) is 5. The van der Waals surface area contributed by atoms with E-state index in [1.807, 2.05) is 0 Å². The van der Waals surface area contributed by atoms with Gasteiger partial charge in [0.05, 0.1) is 0 Å². The summed E-state index contributed by atoms with van der Waals surface area (Å²) >= 11 is 0. The van der Waals surface area contributed by atoms with Crippen molar-refractivity contribution in [1.29, 1.82) is 0 Å². The van der Waals surface area contributed by atoms with Gasteiger partial charge >= 0.3 is 7.12 Å². The van der Waals surface area contributed by atoms with Crippen molar-refractivity contribution in [2.75, 3.05) is 5.32 Å². The Balaban J connectivity index is 2.41. The van der Waals surface area contributed by atoms with Crippen LogP contribution in [0.4, 0.5) is 5.95 Å².